The van der Waals surface area contributed by atoms with Crippen LogP contribution in [0.15, 0.2) is 46.4 Å². The van der Waals surface area contributed by atoms with Crippen LogP contribution in [-0.4, -0.2) is 19.0 Å². The highest BCUT2D eigenvalue weighted by Gasteiger charge is 2.15. The Hall–Kier alpha value is -3.82. The van der Waals surface area contributed by atoms with E-state index in [0.717, 1.165) is 0 Å². The number of amides is 3. The van der Waals surface area contributed by atoms with Crippen molar-refractivity contribution in [2.75, 3.05) is 7.11 Å². The topological polar surface area (TPSA) is 138 Å². The fourth-order valence-electron chi connectivity index (χ4n) is 2.36. The van der Waals surface area contributed by atoms with E-state index in [0.29, 0.717) is 32.7 Å². The van der Waals surface area contributed by atoms with Crippen LogP contribution in [0.2, 0.25) is 0 Å². The molecule has 0 radical (unpaired) electrons. The zero-order valence-electron chi connectivity index (χ0n) is 15.2. The predicted octanol–water partition coefficient (Wildman–Crippen LogP) is 3.01. The van der Waals surface area contributed by atoms with Crippen LogP contribution in [0.1, 0.15) is 16.7 Å². The Morgan fingerprint density at radius 3 is 2.62 bits per heavy atom. The highest BCUT2D eigenvalue weighted by atomic mass is 79.9. The first-order chi connectivity index (χ1) is 13.9. The minimum absolute atomic E-state index is 0.137. The molecule has 0 saturated carbocycles. The van der Waals surface area contributed by atoms with Gasteiger partial charge in [-0.2, -0.15) is 10.5 Å². The van der Waals surface area contributed by atoms with E-state index in [1.54, 1.807) is 42.5 Å². The van der Waals surface area contributed by atoms with Gasteiger partial charge < -0.3 is 15.2 Å². The first kappa shape index (κ1) is 21.5. The number of imide groups is 1. The Labute approximate surface area is 175 Å². The number of carbonyl (C=O) groups excluding carboxylic acids is 2. The van der Waals surface area contributed by atoms with Crippen LogP contribution >= 0.6 is 15.9 Å². The van der Waals surface area contributed by atoms with Gasteiger partial charge in [0.15, 0.2) is 11.5 Å². The summed E-state index contributed by atoms with van der Waals surface area (Å²) < 4.78 is 11.7. The maximum atomic E-state index is 11.8. The third kappa shape index (κ3) is 5.58. The monoisotopic (exact) mass is 454 g/mol. The number of carbonyl (C=O) groups is 2. The number of rotatable bonds is 6. The average Bonchev–Trinajstić information content (AvgIpc) is 2.70. The second-order valence-electron chi connectivity index (χ2n) is 5.58. The smallest absolute Gasteiger partial charge is 0.319 e. The molecule has 2 rings (SSSR count). The molecule has 0 aliphatic heterocycles. The van der Waals surface area contributed by atoms with Gasteiger partial charge in [0.05, 0.1) is 23.2 Å². The number of hydrogen-bond donors (Lipinski definition) is 2. The second-order valence-corrected chi connectivity index (χ2v) is 6.43. The summed E-state index contributed by atoms with van der Waals surface area (Å²) in [6.45, 7) is 0.137. The fourth-order valence-corrected chi connectivity index (χ4v) is 2.94. The van der Waals surface area contributed by atoms with Crippen molar-refractivity contribution in [1.29, 1.82) is 10.5 Å². The van der Waals surface area contributed by atoms with Gasteiger partial charge in [-0.15, -0.1) is 0 Å². The quantitative estimate of drug-likeness (QED) is 0.507. The van der Waals surface area contributed by atoms with Gasteiger partial charge in [-0.1, -0.05) is 18.2 Å². The third-order valence-electron chi connectivity index (χ3n) is 3.67. The van der Waals surface area contributed by atoms with Gasteiger partial charge in [-0.05, 0) is 45.8 Å². The lowest BCUT2D eigenvalue weighted by Crippen LogP contribution is -2.35. The number of benzene rings is 2. The molecule has 0 saturated heterocycles. The summed E-state index contributed by atoms with van der Waals surface area (Å²) in [5.41, 5.74) is 6.25. The van der Waals surface area contributed by atoms with Gasteiger partial charge in [-0.3, -0.25) is 10.1 Å². The SMILES string of the molecule is COc1cc(/C=C(/C#N)C(=O)NC(N)=O)cc(Br)c1OCc1ccccc1C#N. The Morgan fingerprint density at radius 1 is 1.28 bits per heavy atom. The van der Waals surface area contributed by atoms with Crippen LogP contribution in [0.25, 0.3) is 6.08 Å². The maximum Gasteiger partial charge on any atom is 0.319 e. The second kappa shape index (κ2) is 9.93. The van der Waals surface area contributed by atoms with E-state index in [4.69, 9.17) is 20.5 Å². The van der Waals surface area contributed by atoms with E-state index in [9.17, 15) is 14.9 Å². The first-order valence-corrected chi connectivity index (χ1v) is 8.89. The van der Waals surface area contributed by atoms with Crippen LogP contribution in [0.3, 0.4) is 0 Å². The summed E-state index contributed by atoms with van der Waals surface area (Å²) in [6.07, 6.45) is 1.28. The fraction of sp³-hybridized carbons (Fsp3) is 0.100. The van der Waals surface area contributed by atoms with E-state index in [1.807, 2.05) is 5.32 Å². The number of methoxy groups -OCH3 is 1. The van der Waals surface area contributed by atoms with Gasteiger partial charge in [0.1, 0.15) is 18.2 Å². The maximum absolute atomic E-state index is 11.8. The van der Waals surface area contributed by atoms with E-state index < -0.39 is 11.9 Å². The van der Waals surface area contributed by atoms with Crippen LogP contribution < -0.4 is 20.5 Å². The molecule has 8 nitrogen and oxygen atoms in total. The molecule has 0 aromatic heterocycles. The molecule has 3 amide bonds. The molecule has 146 valence electrons. The minimum atomic E-state index is -1.06. The van der Waals surface area contributed by atoms with Crippen molar-refractivity contribution >= 4 is 33.9 Å². The number of nitrogens with one attached hydrogen (secondary N) is 1. The summed E-state index contributed by atoms with van der Waals surface area (Å²) in [6, 6.07) is 13.0. The largest absolute Gasteiger partial charge is 0.493 e. The van der Waals surface area contributed by atoms with Crippen molar-refractivity contribution in [3.8, 4) is 23.6 Å². The summed E-state index contributed by atoms with van der Waals surface area (Å²) in [4.78, 5) is 22.6. The number of nitrogens with two attached hydrogens (primary N) is 1. The lowest BCUT2D eigenvalue weighted by atomic mass is 10.1. The number of nitrogens with zero attached hydrogens (tertiary/aromatic N) is 2. The summed E-state index contributed by atoms with van der Waals surface area (Å²) in [5, 5.41) is 20.2. The highest BCUT2D eigenvalue weighted by molar-refractivity contribution is 9.10. The van der Waals surface area contributed by atoms with Gasteiger partial charge in [0, 0.05) is 5.56 Å². The summed E-state index contributed by atoms with van der Waals surface area (Å²) >= 11 is 3.38. The predicted molar refractivity (Wildman–Crippen MR) is 107 cm³/mol. The summed E-state index contributed by atoms with van der Waals surface area (Å²) in [5.74, 6) is -0.186. The van der Waals surface area contributed by atoms with Crippen LogP contribution in [-0.2, 0) is 11.4 Å². The molecule has 0 bridgehead atoms. The molecule has 0 spiro atoms. The highest BCUT2D eigenvalue weighted by Crippen LogP contribution is 2.38. The zero-order chi connectivity index (χ0) is 21.4. The zero-order valence-corrected chi connectivity index (χ0v) is 16.8. The number of primary amides is 1. The van der Waals surface area contributed by atoms with Crippen LogP contribution in [0.4, 0.5) is 4.79 Å². The molecule has 0 atom stereocenters. The number of halogens is 1. The molecule has 0 unspecified atom stereocenters. The van der Waals surface area contributed by atoms with Gasteiger partial charge >= 0.3 is 6.03 Å². The van der Waals surface area contributed by atoms with Crippen molar-refractivity contribution < 1.29 is 19.1 Å². The molecule has 0 aliphatic carbocycles. The third-order valence-corrected chi connectivity index (χ3v) is 4.26. The molecule has 0 heterocycles. The molecule has 2 aromatic rings. The standard InChI is InChI=1S/C20H15BrN4O4/c1-28-17-8-12(6-15(10-23)19(26)25-20(24)27)7-16(21)18(17)29-11-14-5-3-2-4-13(14)9-22/h2-8H,11H2,1H3,(H3,24,25,26,27)/b15-6-. The molecule has 9 heteroatoms. The minimum Gasteiger partial charge on any atom is -0.493 e. The Morgan fingerprint density at radius 2 is 2.00 bits per heavy atom. The Bertz CT molecular complexity index is 1070. The molecule has 0 fully saturated rings. The number of hydrogen-bond acceptors (Lipinski definition) is 6. The molecule has 3 N–H and O–H groups in total. The van der Waals surface area contributed by atoms with E-state index in [-0.39, 0.29) is 12.2 Å². The lowest BCUT2D eigenvalue weighted by Gasteiger charge is -2.14. The number of ether oxygens (including phenoxy) is 2. The normalized spacial score (nSPS) is 10.4. The van der Waals surface area contributed by atoms with Crippen molar-refractivity contribution in [2.24, 2.45) is 5.73 Å². The van der Waals surface area contributed by atoms with Gasteiger partial charge in [-0.25, -0.2) is 4.79 Å². The number of nitriles is 2. The number of urea groups is 1. The van der Waals surface area contributed by atoms with E-state index >= 15 is 0 Å². The van der Waals surface area contributed by atoms with Crippen LogP contribution in [0.5, 0.6) is 11.5 Å². The van der Waals surface area contributed by atoms with Crippen molar-refractivity contribution in [2.45, 2.75) is 6.61 Å². The van der Waals surface area contributed by atoms with E-state index in [1.165, 1.54) is 13.2 Å². The summed E-state index contributed by atoms with van der Waals surface area (Å²) in [7, 11) is 1.44. The van der Waals surface area contributed by atoms with Crippen molar-refractivity contribution in [3.05, 3.63) is 63.1 Å². The Kier molecular flexibility index (Phi) is 7.35. The first-order valence-electron chi connectivity index (χ1n) is 8.10. The molecule has 0 aliphatic rings. The molecular formula is C20H15BrN4O4. The molecule has 29 heavy (non-hydrogen) atoms. The molecular weight excluding hydrogens is 440 g/mol. The average molecular weight is 455 g/mol. The van der Waals surface area contributed by atoms with E-state index in [2.05, 4.69) is 22.0 Å². The van der Waals surface area contributed by atoms with Gasteiger partial charge in [0.25, 0.3) is 5.91 Å². The Balaban J connectivity index is 2.33. The van der Waals surface area contributed by atoms with Crippen molar-refractivity contribution in [1.82, 2.24) is 5.32 Å². The van der Waals surface area contributed by atoms with Gasteiger partial charge in [0.2, 0.25) is 0 Å². The lowest BCUT2D eigenvalue weighted by molar-refractivity contribution is -0.115. The molecule has 2 aromatic carbocycles. The van der Waals surface area contributed by atoms with Crippen LogP contribution in [0, 0.1) is 22.7 Å². The van der Waals surface area contributed by atoms with Crippen molar-refractivity contribution in [3.63, 3.8) is 0 Å².